The number of esters is 1. The van der Waals surface area contributed by atoms with Gasteiger partial charge in [-0.3, -0.25) is 4.79 Å². The Morgan fingerprint density at radius 2 is 1.17 bits per heavy atom. The smallest absolute Gasteiger partial charge is 0.334 e. The Bertz CT molecular complexity index is 904. The molecule has 0 spiro atoms. The van der Waals surface area contributed by atoms with Crippen LogP contribution in [0.15, 0.2) is 42.0 Å². The maximum absolute atomic E-state index is 12.5. The molecule has 0 aliphatic rings. The van der Waals surface area contributed by atoms with E-state index in [0.717, 1.165) is 0 Å². The first kappa shape index (κ1) is 22.6. The van der Waals surface area contributed by atoms with Gasteiger partial charge in [0.2, 0.25) is 0 Å². The summed E-state index contributed by atoms with van der Waals surface area (Å²) in [4.78, 5) is 24.0. The second kappa shape index (κ2) is 10.2. The SMILES string of the molecule is COC(=O)C(CC(=O)O)=C(c1ccc(OC)c(OC)c1)c1ccc(OC)c(OC)c1. The van der Waals surface area contributed by atoms with E-state index in [1.807, 2.05) is 0 Å². The van der Waals surface area contributed by atoms with Crippen molar-refractivity contribution in [2.45, 2.75) is 6.42 Å². The summed E-state index contributed by atoms with van der Waals surface area (Å²) < 4.78 is 26.2. The Kier molecular flexibility index (Phi) is 7.69. The first-order chi connectivity index (χ1) is 14.4. The van der Waals surface area contributed by atoms with Crippen molar-refractivity contribution in [1.29, 1.82) is 0 Å². The lowest BCUT2D eigenvalue weighted by Gasteiger charge is -2.17. The molecule has 0 aliphatic carbocycles. The molecule has 0 aliphatic heterocycles. The summed E-state index contributed by atoms with van der Waals surface area (Å²) in [6.45, 7) is 0. The average molecular weight is 416 g/mol. The maximum atomic E-state index is 12.5. The summed E-state index contributed by atoms with van der Waals surface area (Å²) in [7, 11) is 7.19. The van der Waals surface area contributed by atoms with Crippen molar-refractivity contribution in [3.63, 3.8) is 0 Å². The van der Waals surface area contributed by atoms with E-state index >= 15 is 0 Å². The van der Waals surface area contributed by atoms with Crippen LogP contribution in [0.1, 0.15) is 17.5 Å². The van der Waals surface area contributed by atoms with Crippen molar-refractivity contribution in [3.8, 4) is 23.0 Å². The van der Waals surface area contributed by atoms with Gasteiger partial charge < -0.3 is 28.8 Å². The van der Waals surface area contributed by atoms with Gasteiger partial charge in [-0.25, -0.2) is 4.79 Å². The molecule has 2 aromatic carbocycles. The van der Waals surface area contributed by atoms with E-state index in [1.165, 1.54) is 35.5 Å². The molecule has 0 fully saturated rings. The molecule has 0 saturated heterocycles. The zero-order valence-electron chi connectivity index (χ0n) is 17.5. The molecule has 2 rings (SSSR count). The quantitative estimate of drug-likeness (QED) is 0.491. The number of carboxylic acids is 1. The lowest BCUT2D eigenvalue weighted by molar-refractivity contribution is -0.141. The number of hydrogen-bond donors (Lipinski definition) is 1. The highest BCUT2D eigenvalue weighted by molar-refractivity contribution is 6.05. The summed E-state index contributed by atoms with van der Waals surface area (Å²) in [6.07, 6.45) is -0.537. The summed E-state index contributed by atoms with van der Waals surface area (Å²) in [5, 5.41) is 9.41. The number of carbonyl (C=O) groups excluding carboxylic acids is 1. The zero-order valence-corrected chi connectivity index (χ0v) is 17.5. The predicted octanol–water partition coefficient (Wildman–Crippen LogP) is 3.17. The van der Waals surface area contributed by atoms with Crippen molar-refractivity contribution in [2.24, 2.45) is 0 Å². The number of benzene rings is 2. The van der Waals surface area contributed by atoms with E-state index in [1.54, 1.807) is 36.4 Å². The van der Waals surface area contributed by atoms with Crippen LogP contribution in [0.4, 0.5) is 0 Å². The van der Waals surface area contributed by atoms with Gasteiger partial charge in [0.05, 0.1) is 47.5 Å². The van der Waals surface area contributed by atoms with Crippen LogP contribution in [0.5, 0.6) is 23.0 Å². The van der Waals surface area contributed by atoms with E-state index in [4.69, 9.17) is 23.7 Å². The number of methoxy groups -OCH3 is 5. The van der Waals surface area contributed by atoms with Gasteiger partial charge in [0.25, 0.3) is 0 Å². The fourth-order valence-corrected chi connectivity index (χ4v) is 3.04. The molecule has 0 unspecified atom stereocenters. The van der Waals surface area contributed by atoms with Gasteiger partial charge in [0.15, 0.2) is 23.0 Å². The predicted molar refractivity (Wildman–Crippen MR) is 109 cm³/mol. The number of aliphatic carboxylic acids is 1. The largest absolute Gasteiger partial charge is 0.493 e. The molecular formula is C22H24O8. The number of rotatable bonds is 9. The van der Waals surface area contributed by atoms with Crippen LogP contribution < -0.4 is 18.9 Å². The molecule has 0 atom stereocenters. The van der Waals surface area contributed by atoms with Crippen LogP contribution in [0.3, 0.4) is 0 Å². The minimum Gasteiger partial charge on any atom is -0.493 e. The van der Waals surface area contributed by atoms with E-state index < -0.39 is 18.4 Å². The molecule has 160 valence electrons. The average Bonchev–Trinajstić information content (AvgIpc) is 2.77. The molecule has 8 nitrogen and oxygen atoms in total. The van der Waals surface area contributed by atoms with E-state index in [9.17, 15) is 14.7 Å². The summed E-state index contributed by atoms with van der Waals surface area (Å²) in [6, 6.07) is 10.1. The molecule has 8 heteroatoms. The van der Waals surface area contributed by atoms with Crippen LogP contribution in [0, 0.1) is 0 Å². The van der Waals surface area contributed by atoms with Gasteiger partial charge in [-0.2, -0.15) is 0 Å². The lowest BCUT2D eigenvalue weighted by atomic mass is 9.91. The Balaban J connectivity index is 2.86. The number of carbonyl (C=O) groups is 2. The van der Waals surface area contributed by atoms with Crippen molar-refractivity contribution >= 4 is 17.5 Å². The third-order valence-electron chi connectivity index (χ3n) is 4.41. The first-order valence-corrected chi connectivity index (χ1v) is 8.88. The second-order valence-electron chi connectivity index (χ2n) is 6.06. The molecule has 30 heavy (non-hydrogen) atoms. The van der Waals surface area contributed by atoms with E-state index in [0.29, 0.717) is 39.7 Å². The minimum absolute atomic E-state index is 0.0237. The molecule has 0 saturated carbocycles. The molecule has 0 radical (unpaired) electrons. The lowest BCUT2D eigenvalue weighted by Crippen LogP contribution is -2.13. The van der Waals surface area contributed by atoms with Crippen LogP contribution in [-0.4, -0.2) is 52.6 Å². The second-order valence-corrected chi connectivity index (χ2v) is 6.06. The molecule has 0 amide bonds. The molecule has 0 bridgehead atoms. The standard InChI is InChI=1S/C22H24O8/c1-26-16-8-6-13(10-18(16)28-3)21(15(12-20(23)24)22(25)30-5)14-7-9-17(27-2)19(11-14)29-4/h6-11H,12H2,1-5H3,(H,23,24). The van der Waals surface area contributed by atoms with Crippen LogP contribution >= 0.6 is 0 Å². The molecule has 2 aromatic rings. The first-order valence-electron chi connectivity index (χ1n) is 8.88. The fourth-order valence-electron chi connectivity index (χ4n) is 3.04. The highest BCUT2D eigenvalue weighted by Gasteiger charge is 2.23. The molecule has 0 heterocycles. The Morgan fingerprint density at radius 1 is 0.733 bits per heavy atom. The van der Waals surface area contributed by atoms with Crippen molar-refractivity contribution in [2.75, 3.05) is 35.5 Å². The van der Waals surface area contributed by atoms with Gasteiger partial charge in [-0.1, -0.05) is 12.1 Å². The summed E-state index contributed by atoms with van der Waals surface area (Å²) in [5.41, 5.74) is 1.43. The number of carboxylic acid groups (broad SMARTS) is 1. The zero-order chi connectivity index (χ0) is 22.3. The Hall–Kier alpha value is -3.68. The van der Waals surface area contributed by atoms with Gasteiger partial charge in [-0.05, 0) is 35.4 Å². The molecular weight excluding hydrogens is 392 g/mol. The molecule has 1 N–H and O–H groups in total. The number of hydrogen-bond acceptors (Lipinski definition) is 7. The Labute approximate surface area is 174 Å². The van der Waals surface area contributed by atoms with E-state index in [2.05, 4.69) is 0 Å². The van der Waals surface area contributed by atoms with Crippen LogP contribution in [0.2, 0.25) is 0 Å². The summed E-state index contributed by atoms with van der Waals surface area (Å²) >= 11 is 0. The van der Waals surface area contributed by atoms with Crippen LogP contribution in [-0.2, 0) is 14.3 Å². The van der Waals surface area contributed by atoms with Crippen molar-refractivity contribution in [1.82, 2.24) is 0 Å². The Morgan fingerprint density at radius 3 is 1.50 bits per heavy atom. The van der Waals surface area contributed by atoms with Gasteiger partial charge in [0, 0.05) is 5.57 Å². The normalized spacial score (nSPS) is 10.0. The fraction of sp³-hybridized carbons (Fsp3) is 0.273. The van der Waals surface area contributed by atoms with Crippen molar-refractivity contribution in [3.05, 3.63) is 53.1 Å². The van der Waals surface area contributed by atoms with Crippen LogP contribution in [0.25, 0.3) is 5.57 Å². The maximum Gasteiger partial charge on any atom is 0.334 e. The highest BCUT2D eigenvalue weighted by atomic mass is 16.5. The van der Waals surface area contributed by atoms with Gasteiger partial charge in [-0.15, -0.1) is 0 Å². The third kappa shape index (κ3) is 4.83. The monoisotopic (exact) mass is 416 g/mol. The van der Waals surface area contributed by atoms with Gasteiger partial charge >= 0.3 is 11.9 Å². The summed E-state index contributed by atoms with van der Waals surface area (Å²) in [5.74, 6) is -0.0950. The minimum atomic E-state index is -1.17. The van der Waals surface area contributed by atoms with Crippen molar-refractivity contribution < 1.29 is 38.4 Å². The third-order valence-corrected chi connectivity index (χ3v) is 4.41. The topological polar surface area (TPSA) is 101 Å². The molecule has 0 aromatic heterocycles. The van der Waals surface area contributed by atoms with E-state index in [-0.39, 0.29) is 5.57 Å². The number of ether oxygens (including phenoxy) is 5. The highest BCUT2D eigenvalue weighted by Crippen LogP contribution is 2.38. The van der Waals surface area contributed by atoms with Gasteiger partial charge in [0.1, 0.15) is 0 Å².